The van der Waals surface area contributed by atoms with Crippen molar-refractivity contribution < 1.29 is 0 Å². The zero-order chi connectivity index (χ0) is 9.40. The van der Waals surface area contributed by atoms with Gasteiger partial charge in [0.25, 0.3) is 0 Å². The molecule has 0 N–H and O–H groups in total. The molecular formula is C11H23N. The van der Waals surface area contributed by atoms with Crippen molar-refractivity contribution >= 4 is 0 Å². The van der Waals surface area contributed by atoms with Gasteiger partial charge in [-0.25, -0.2) is 0 Å². The molecule has 0 aliphatic rings. The lowest BCUT2D eigenvalue weighted by Crippen LogP contribution is -2.32. The molecule has 0 aromatic rings. The monoisotopic (exact) mass is 169 g/mol. The quantitative estimate of drug-likeness (QED) is 0.418. The maximum atomic E-state index is 3.73. The summed E-state index contributed by atoms with van der Waals surface area (Å²) in [4.78, 5) is 2.53. The van der Waals surface area contributed by atoms with Crippen LogP contribution in [0, 0.1) is 0 Å². The molecule has 0 aromatic carbocycles. The topological polar surface area (TPSA) is 3.24 Å². The normalized spacial score (nSPS) is 11.1. The molecule has 1 heteroatoms. The van der Waals surface area contributed by atoms with E-state index in [-0.39, 0.29) is 0 Å². The van der Waals surface area contributed by atoms with Gasteiger partial charge in [0.1, 0.15) is 0 Å². The Morgan fingerprint density at radius 3 is 2.42 bits per heavy atom. The lowest BCUT2D eigenvalue weighted by atomic mass is 10.2. The Hall–Kier alpha value is -0.300. The number of rotatable bonds is 7. The second-order valence-electron chi connectivity index (χ2n) is 3.56. The lowest BCUT2D eigenvalue weighted by molar-refractivity contribution is 0.220. The van der Waals surface area contributed by atoms with Crippen molar-refractivity contribution in [3.05, 3.63) is 12.7 Å². The molecule has 0 saturated heterocycles. The van der Waals surface area contributed by atoms with Crippen LogP contribution in [-0.4, -0.2) is 24.0 Å². The minimum atomic E-state index is 0.690. The van der Waals surface area contributed by atoms with E-state index in [1.165, 1.54) is 25.9 Å². The van der Waals surface area contributed by atoms with E-state index in [1.54, 1.807) is 0 Å². The van der Waals surface area contributed by atoms with Gasteiger partial charge in [0, 0.05) is 6.04 Å². The van der Waals surface area contributed by atoms with Gasteiger partial charge in [-0.2, -0.15) is 0 Å². The van der Waals surface area contributed by atoms with Crippen molar-refractivity contribution in [3.63, 3.8) is 0 Å². The Morgan fingerprint density at radius 1 is 1.33 bits per heavy atom. The van der Waals surface area contributed by atoms with Crippen molar-refractivity contribution in [1.29, 1.82) is 0 Å². The van der Waals surface area contributed by atoms with E-state index in [2.05, 4.69) is 32.3 Å². The SMILES string of the molecule is C=CCCCN(CCC)C(C)C. The zero-order valence-corrected chi connectivity index (χ0v) is 8.84. The summed E-state index contributed by atoms with van der Waals surface area (Å²) in [5.74, 6) is 0. The highest BCUT2D eigenvalue weighted by Gasteiger charge is 2.05. The average molecular weight is 169 g/mol. The summed E-state index contributed by atoms with van der Waals surface area (Å²) in [5.41, 5.74) is 0. The third-order valence-electron chi connectivity index (χ3n) is 2.09. The molecule has 1 nitrogen and oxygen atoms in total. The summed E-state index contributed by atoms with van der Waals surface area (Å²) in [6.45, 7) is 13.0. The number of unbranched alkanes of at least 4 members (excludes halogenated alkanes) is 1. The highest BCUT2D eigenvalue weighted by molar-refractivity contribution is 4.69. The van der Waals surface area contributed by atoms with Crippen LogP contribution in [0.15, 0.2) is 12.7 Å². The second kappa shape index (κ2) is 7.35. The van der Waals surface area contributed by atoms with Gasteiger partial charge in [-0.05, 0) is 46.2 Å². The molecule has 12 heavy (non-hydrogen) atoms. The maximum Gasteiger partial charge on any atom is 0.00385 e. The van der Waals surface area contributed by atoms with Crippen LogP contribution >= 0.6 is 0 Å². The molecule has 0 aliphatic carbocycles. The van der Waals surface area contributed by atoms with Crippen LogP contribution in [0.5, 0.6) is 0 Å². The molecular weight excluding hydrogens is 146 g/mol. The van der Waals surface area contributed by atoms with Gasteiger partial charge in [0.2, 0.25) is 0 Å². The fraction of sp³-hybridized carbons (Fsp3) is 0.818. The summed E-state index contributed by atoms with van der Waals surface area (Å²) < 4.78 is 0. The van der Waals surface area contributed by atoms with Gasteiger partial charge in [0.05, 0.1) is 0 Å². The first kappa shape index (κ1) is 11.7. The van der Waals surface area contributed by atoms with Gasteiger partial charge < -0.3 is 4.90 Å². The van der Waals surface area contributed by atoms with Crippen molar-refractivity contribution in [2.24, 2.45) is 0 Å². The molecule has 0 aliphatic heterocycles. The van der Waals surface area contributed by atoms with Crippen molar-refractivity contribution in [2.45, 2.75) is 46.1 Å². The molecule has 0 saturated carbocycles. The van der Waals surface area contributed by atoms with Gasteiger partial charge in [-0.15, -0.1) is 6.58 Å². The van der Waals surface area contributed by atoms with E-state index in [1.807, 2.05) is 6.08 Å². The van der Waals surface area contributed by atoms with Crippen molar-refractivity contribution in [3.8, 4) is 0 Å². The zero-order valence-electron chi connectivity index (χ0n) is 8.84. The van der Waals surface area contributed by atoms with Crippen LogP contribution < -0.4 is 0 Å². The number of hydrogen-bond acceptors (Lipinski definition) is 1. The molecule has 0 heterocycles. The first-order valence-corrected chi connectivity index (χ1v) is 5.07. The Kier molecular flexibility index (Phi) is 7.17. The fourth-order valence-corrected chi connectivity index (χ4v) is 1.35. The van der Waals surface area contributed by atoms with E-state index in [0.29, 0.717) is 6.04 Å². The van der Waals surface area contributed by atoms with E-state index >= 15 is 0 Å². The second-order valence-corrected chi connectivity index (χ2v) is 3.56. The maximum absolute atomic E-state index is 3.73. The van der Waals surface area contributed by atoms with E-state index in [4.69, 9.17) is 0 Å². The molecule has 0 radical (unpaired) electrons. The summed E-state index contributed by atoms with van der Waals surface area (Å²) in [6.07, 6.45) is 5.66. The molecule has 0 atom stereocenters. The molecule has 72 valence electrons. The van der Waals surface area contributed by atoms with Gasteiger partial charge >= 0.3 is 0 Å². The Labute approximate surface area is 77.5 Å². The van der Waals surface area contributed by atoms with Crippen molar-refractivity contribution in [2.75, 3.05) is 13.1 Å². The van der Waals surface area contributed by atoms with Crippen LogP contribution in [-0.2, 0) is 0 Å². The Bertz CT molecular complexity index is 108. The highest BCUT2D eigenvalue weighted by atomic mass is 15.1. The van der Waals surface area contributed by atoms with Crippen molar-refractivity contribution in [1.82, 2.24) is 4.90 Å². The first-order valence-electron chi connectivity index (χ1n) is 5.07. The molecule has 0 rings (SSSR count). The molecule has 0 spiro atoms. The van der Waals surface area contributed by atoms with E-state index in [9.17, 15) is 0 Å². The summed E-state index contributed by atoms with van der Waals surface area (Å²) in [6, 6.07) is 0.690. The van der Waals surface area contributed by atoms with E-state index in [0.717, 1.165) is 6.42 Å². The molecule has 0 unspecified atom stereocenters. The predicted molar refractivity (Wildman–Crippen MR) is 56.4 cm³/mol. The van der Waals surface area contributed by atoms with Crippen LogP contribution in [0.25, 0.3) is 0 Å². The smallest absolute Gasteiger partial charge is 0.00385 e. The molecule has 0 fully saturated rings. The van der Waals surface area contributed by atoms with Gasteiger partial charge in [-0.3, -0.25) is 0 Å². The number of allylic oxidation sites excluding steroid dienone is 1. The number of hydrogen-bond donors (Lipinski definition) is 0. The lowest BCUT2D eigenvalue weighted by Gasteiger charge is -2.25. The van der Waals surface area contributed by atoms with E-state index < -0.39 is 0 Å². The third kappa shape index (κ3) is 5.36. The minimum Gasteiger partial charge on any atom is -0.301 e. The first-order chi connectivity index (χ1) is 5.72. The molecule has 0 bridgehead atoms. The Balaban J connectivity index is 3.55. The Morgan fingerprint density at radius 2 is 2.00 bits per heavy atom. The predicted octanol–water partition coefficient (Wildman–Crippen LogP) is 3.07. The highest BCUT2D eigenvalue weighted by Crippen LogP contribution is 2.02. The largest absolute Gasteiger partial charge is 0.301 e. The van der Waals surface area contributed by atoms with Crippen LogP contribution in [0.2, 0.25) is 0 Å². The summed E-state index contributed by atoms with van der Waals surface area (Å²) in [7, 11) is 0. The average Bonchev–Trinajstić information content (AvgIpc) is 2.03. The van der Waals surface area contributed by atoms with Crippen LogP contribution in [0.1, 0.15) is 40.0 Å². The standard InChI is InChI=1S/C11H23N/c1-5-7-8-10-12(9-6-2)11(3)4/h5,11H,1,6-10H2,2-4H3. The summed E-state index contributed by atoms with van der Waals surface area (Å²) in [5, 5.41) is 0. The van der Waals surface area contributed by atoms with Crippen LogP contribution in [0.3, 0.4) is 0 Å². The summed E-state index contributed by atoms with van der Waals surface area (Å²) >= 11 is 0. The van der Waals surface area contributed by atoms with Gasteiger partial charge in [0.15, 0.2) is 0 Å². The van der Waals surface area contributed by atoms with Crippen LogP contribution in [0.4, 0.5) is 0 Å². The van der Waals surface area contributed by atoms with Gasteiger partial charge in [-0.1, -0.05) is 13.0 Å². The number of nitrogens with zero attached hydrogens (tertiary/aromatic N) is 1. The molecule has 0 amide bonds. The molecule has 0 aromatic heterocycles. The third-order valence-corrected chi connectivity index (χ3v) is 2.09. The fourth-order valence-electron chi connectivity index (χ4n) is 1.35. The minimum absolute atomic E-state index is 0.690.